The second-order valence-electron chi connectivity index (χ2n) is 6.68. The van der Waals surface area contributed by atoms with Crippen LogP contribution >= 0.6 is 11.6 Å². The van der Waals surface area contributed by atoms with E-state index in [1.165, 1.54) is 0 Å². The van der Waals surface area contributed by atoms with Crippen molar-refractivity contribution < 1.29 is 34.0 Å². The number of nitrogens with one attached hydrogen (secondary N) is 3. The molecule has 0 aromatic heterocycles. The van der Waals surface area contributed by atoms with Crippen molar-refractivity contribution in [2.24, 2.45) is 0 Å². The van der Waals surface area contributed by atoms with Crippen LogP contribution in [-0.2, 0) is 9.53 Å². The Bertz CT molecular complexity index is 824. The Morgan fingerprint density at radius 1 is 1.09 bits per heavy atom. The van der Waals surface area contributed by atoms with Gasteiger partial charge < -0.3 is 40.4 Å². The Hall–Kier alpha value is -3.05. The zero-order chi connectivity index (χ0) is 25.0. The summed E-state index contributed by atoms with van der Waals surface area (Å²) < 4.78 is 16.3. The van der Waals surface area contributed by atoms with Crippen LogP contribution in [-0.4, -0.2) is 74.9 Å². The number of hydrogen-bond acceptors (Lipinski definition) is 7. The molecule has 0 spiro atoms. The number of aliphatic hydroxyl groups excluding tert-OH is 1. The van der Waals surface area contributed by atoms with E-state index in [-0.39, 0.29) is 19.1 Å². The molecule has 11 heteroatoms. The minimum absolute atomic E-state index is 0.153. The van der Waals surface area contributed by atoms with Gasteiger partial charge in [0.25, 0.3) is 6.47 Å². The molecule has 2 rings (SSSR count). The van der Waals surface area contributed by atoms with E-state index in [4.69, 9.17) is 35.7 Å². The molecule has 0 bridgehead atoms. The lowest BCUT2D eigenvalue weighted by Gasteiger charge is -2.14. The normalized spacial score (nSPS) is 10.9. The number of carbonyl (C=O) groups excluding carboxylic acids is 1. The molecule has 2 aromatic carbocycles. The molecule has 0 aliphatic heterocycles. The summed E-state index contributed by atoms with van der Waals surface area (Å²) in [5.41, 5.74) is 0.621. The summed E-state index contributed by atoms with van der Waals surface area (Å²) in [4.78, 5) is 20.2. The van der Waals surface area contributed by atoms with Crippen LogP contribution < -0.4 is 25.4 Å². The third-order valence-corrected chi connectivity index (χ3v) is 4.25. The molecule has 0 saturated carbocycles. The molecule has 0 radical (unpaired) electrons. The lowest BCUT2D eigenvalue weighted by atomic mass is 10.3. The van der Waals surface area contributed by atoms with Gasteiger partial charge in [0, 0.05) is 37.0 Å². The van der Waals surface area contributed by atoms with Crippen LogP contribution in [0.15, 0.2) is 48.5 Å². The van der Waals surface area contributed by atoms with E-state index in [0.717, 1.165) is 5.75 Å². The van der Waals surface area contributed by atoms with Gasteiger partial charge in [-0.05, 0) is 49.4 Å². The minimum Gasteiger partial charge on any atom is -0.491 e. The maximum Gasteiger partial charge on any atom is 0.319 e. The lowest BCUT2D eigenvalue weighted by molar-refractivity contribution is -0.122. The zero-order valence-electron chi connectivity index (χ0n) is 19.0. The lowest BCUT2D eigenvalue weighted by Crippen LogP contribution is -2.38. The molecule has 5 N–H and O–H groups in total. The first-order chi connectivity index (χ1) is 16.5. The number of aliphatic hydroxyl groups is 1. The first-order valence-electron chi connectivity index (χ1n) is 10.7. The van der Waals surface area contributed by atoms with E-state index in [9.17, 15) is 9.90 Å². The number of hydrogen-bond donors (Lipinski definition) is 5. The number of halogens is 1. The predicted molar refractivity (Wildman–Crippen MR) is 130 cm³/mol. The van der Waals surface area contributed by atoms with E-state index in [0.29, 0.717) is 55.9 Å². The van der Waals surface area contributed by atoms with Gasteiger partial charge in [0.2, 0.25) is 0 Å². The SMILES string of the molecule is CCOCCOc1ccc(OCC(O)CNCCNC(=O)Nc2cccc(Cl)c2)cc1.O=CO. The average Bonchev–Trinajstić information content (AvgIpc) is 2.81. The number of benzene rings is 2. The highest BCUT2D eigenvalue weighted by Crippen LogP contribution is 2.17. The third-order valence-electron chi connectivity index (χ3n) is 4.02. The fourth-order valence-corrected chi connectivity index (χ4v) is 2.71. The molecule has 1 unspecified atom stereocenters. The Morgan fingerprint density at radius 3 is 2.41 bits per heavy atom. The molecule has 0 aliphatic rings. The van der Waals surface area contributed by atoms with Crippen LogP contribution in [0, 0.1) is 0 Å². The molecule has 0 aliphatic carbocycles. The van der Waals surface area contributed by atoms with Crippen molar-refractivity contribution in [1.29, 1.82) is 0 Å². The van der Waals surface area contributed by atoms with E-state index in [1.807, 2.05) is 19.1 Å². The van der Waals surface area contributed by atoms with Crippen molar-refractivity contribution in [3.63, 3.8) is 0 Å². The first-order valence-corrected chi connectivity index (χ1v) is 11.1. The van der Waals surface area contributed by atoms with Gasteiger partial charge in [-0.1, -0.05) is 17.7 Å². The van der Waals surface area contributed by atoms with Crippen molar-refractivity contribution in [2.45, 2.75) is 13.0 Å². The first kappa shape index (κ1) is 29.0. The molecule has 10 nitrogen and oxygen atoms in total. The van der Waals surface area contributed by atoms with Gasteiger partial charge in [-0.2, -0.15) is 0 Å². The Morgan fingerprint density at radius 2 is 1.76 bits per heavy atom. The summed E-state index contributed by atoms with van der Waals surface area (Å²) in [6.07, 6.45) is -0.678. The highest BCUT2D eigenvalue weighted by atomic mass is 35.5. The summed E-state index contributed by atoms with van der Waals surface area (Å²) in [6.45, 7) is 4.82. The van der Waals surface area contributed by atoms with Gasteiger partial charge in [-0.15, -0.1) is 0 Å². The molecule has 2 amide bonds. The molecule has 2 aromatic rings. The highest BCUT2D eigenvalue weighted by Gasteiger charge is 2.06. The molecule has 0 saturated heterocycles. The van der Waals surface area contributed by atoms with Crippen LogP contribution in [0.3, 0.4) is 0 Å². The molecular formula is C23H32ClN3O7. The maximum absolute atomic E-state index is 11.8. The van der Waals surface area contributed by atoms with Gasteiger partial charge in [0.05, 0.1) is 6.61 Å². The quantitative estimate of drug-likeness (QED) is 0.198. The van der Waals surface area contributed by atoms with Crippen LogP contribution in [0.2, 0.25) is 5.02 Å². The number of urea groups is 1. The zero-order valence-corrected chi connectivity index (χ0v) is 19.8. The monoisotopic (exact) mass is 497 g/mol. The van der Waals surface area contributed by atoms with Gasteiger partial charge in [0.15, 0.2) is 0 Å². The van der Waals surface area contributed by atoms with Gasteiger partial charge >= 0.3 is 6.03 Å². The van der Waals surface area contributed by atoms with Crippen molar-refractivity contribution in [3.05, 3.63) is 53.6 Å². The maximum atomic E-state index is 11.8. The summed E-state index contributed by atoms with van der Waals surface area (Å²) >= 11 is 5.88. The van der Waals surface area contributed by atoms with Crippen LogP contribution in [0.25, 0.3) is 0 Å². The minimum atomic E-state index is -0.678. The Balaban J connectivity index is 0.00000182. The van der Waals surface area contributed by atoms with E-state index in [2.05, 4.69) is 16.0 Å². The summed E-state index contributed by atoms with van der Waals surface area (Å²) in [6, 6.07) is 13.8. The molecule has 0 fully saturated rings. The Labute approximate surface area is 204 Å². The van der Waals surface area contributed by atoms with Crippen molar-refractivity contribution in [3.8, 4) is 11.5 Å². The molecular weight excluding hydrogens is 466 g/mol. The molecule has 0 heterocycles. The fraction of sp³-hybridized carbons (Fsp3) is 0.391. The predicted octanol–water partition coefficient (Wildman–Crippen LogP) is 2.61. The second kappa shape index (κ2) is 18.4. The van der Waals surface area contributed by atoms with Gasteiger partial charge in [0.1, 0.15) is 30.8 Å². The van der Waals surface area contributed by atoms with Crippen LogP contribution in [0.4, 0.5) is 10.5 Å². The second-order valence-corrected chi connectivity index (χ2v) is 7.12. The van der Waals surface area contributed by atoms with Gasteiger partial charge in [-0.25, -0.2) is 4.79 Å². The fourth-order valence-electron chi connectivity index (χ4n) is 2.52. The largest absolute Gasteiger partial charge is 0.491 e. The smallest absolute Gasteiger partial charge is 0.319 e. The molecule has 188 valence electrons. The topological polar surface area (TPSA) is 138 Å². The van der Waals surface area contributed by atoms with Crippen molar-refractivity contribution >= 4 is 29.8 Å². The summed E-state index contributed by atoms with van der Waals surface area (Å²) in [5.74, 6) is 1.39. The highest BCUT2D eigenvalue weighted by molar-refractivity contribution is 6.30. The number of ether oxygens (including phenoxy) is 3. The van der Waals surface area contributed by atoms with E-state index in [1.54, 1.807) is 36.4 Å². The number of carbonyl (C=O) groups is 2. The van der Waals surface area contributed by atoms with Crippen molar-refractivity contribution in [2.75, 3.05) is 51.4 Å². The van der Waals surface area contributed by atoms with Crippen LogP contribution in [0.5, 0.6) is 11.5 Å². The van der Waals surface area contributed by atoms with Crippen LogP contribution in [0.1, 0.15) is 6.92 Å². The average molecular weight is 498 g/mol. The third kappa shape index (κ3) is 14.2. The van der Waals surface area contributed by atoms with Crippen molar-refractivity contribution in [1.82, 2.24) is 10.6 Å². The standard InChI is InChI=1S/C22H30ClN3O5.CH2O2/c1-2-29-12-13-30-20-6-8-21(9-7-20)31-16-19(27)15-24-10-11-25-22(28)26-18-5-3-4-17(23)14-18;2-1-3/h3-9,14,19,24,27H,2,10-13,15-16H2,1H3,(H2,25,26,28);1H,(H,2,3). The van der Waals surface area contributed by atoms with E-state index >= 15 is 0 Å². The number of carboxylic acid groups (broad SMARTS) is 1. The summed E-state index contributed by atoms with van der Waals surface area (Å²) in [5, 5.41) is 25.9. The number of anilines is 1. The van der Waals surface area contributed by atoms with E-state index < -0.39 is 6.10 Å². The Kier molecular flexibility index (Phi) is 15.7. The van der Waals surface area contributed by atoms with Gasteiger partial charge in [-0.3, -0.25) is 4.79 Å². The number of rotatable bonds is 14. The molecule has 1 atom stereocenters. The number of amides is 2. The summed E-state index contributed by atoms with van der Waals surface area (Å²) in [7, 11) is 0. The molecule has 34 heavy (non-hydrogen) atoms.